The maximum absolute atomic E-state index is 14.2. The quantitative estimate of drug-likeness (QED) is 0.822. The van der Waals surface area contributed by atoms with Crippen LogP contribution in [0.15, 0.2) is 28.6 Å². The molecule has 2 aromatic rings. The van der Waals surface area contributed by atoms with Crippen molar-refractivity contribution in [1.29, 1.82) is 0 Å². The van der Waals surface area contributed by atoms with Gasteiger partial charge < -0.3 is 0 Å². The maximum Gasteiger partial charge on any atom is 0.238 e. The molecule has 20 heavy (non-hydrogen) atoms. The second-order valence-corrected chi connectivity index (χ2v) is 7.67. The van der Waals surface area contributed by atoms with Gasteiger partial charge in [0, 0.05) is 6.54 Å². The first kappa shape index (κ1) is 15.3. The van der Waals surface area contributed by atoms with Gasteiger partial charge in [-0.15, -0.1) is 11.3 Å². The van der Waals surface area contributed by atoms with Gasteiger partial charge in [0.1, 0.15) is 0 Å². The van der Waals surface area contributed by atoms with Crippen LogP contribution in [0.4, 0.5) is 4.39 Å². The molecule has 0 aliphatic rings. The number of benzene rings is 1. The summed E-state index contributed by atoms with van der Waals surface area (Å²) in [5, 5.41) is 0. The number of sulfone groups is 1. The van der Waals surface area contributed by atoms with Gasteiger partial charge in [0.2, 0.25) is 19.7 Å². The number of alkyl halides is 1. The van der Waals surface area contributed by atoms with Crippen LogP contribution in [0.2, 0.25) is 0 Å². The van der Waals surface area contributed by atoms with Crippen LogP contribution in [-0.2, 0) is 9.84 Å². The summed E-state index contributed by atoms with van der Waals surface area (Å²) in [7, 11) is -4.02. The highest BCUT2D eigenvalue weighted by Gasteiger charge is 2.31. The lowest BCUT2D eigenvalue weighted by molar-refractivity contribution is 0.248. The second-order valence-electron chi connectivity index (χ2n) is 4.39. The molecule has 0 saturated carbocycles. The molecule has 1 unspecified atom stereocenters. The van der Waals surface area contributed by atoms with Crippen molar-refractivity contribution in [2.75, 3.05) is 19.6 Å². The van der Waals surface area contributed by atoms with Crippen molar-refractivity contribution in [2.24, 2.45) is 0 Å². The van der Waals surface area contributed by atoms with Gasteiger partial charge in [0.15, 0.2) is 0 Å². The molecule has 0 radical (unpaired) electrons. The van der Waals surface area contributed by atoms with Crippen LogP contribution < -0.4 is 0 Å². The summed E-state index contributed by atoms with van der Waals surface area (Å²) in [5.74, 6) is 0. The number of para-hydroxylation sites is 1. The van der Waals surface area contributed by atoms with Crippen molar-refractivity contribution in [3.8, 4) is 0 Å². The minimum atomic E-state index is -4.02. The molecular weight excluding hydrogens is 299 g/mol. The Morgan fingerprint density at radius 3 is 2.55 bits per heavy atom. The molecule has 0 bridgehead atoms. The van der Waals surface area contributed by atoms with Crippen LogP contribution in [0.3, 0.4) is 0 Å². The molecule has 0 amide bonds. The predicted molar refractivity (Wildman–Crippen MR) is 79.5 cm³/mol. The van der Waals surface area contributed by atoms with Crippen molar-refractivity contribution >= 4 is 31.4 Å². The fourth-order valence-corrected chi connectivity index (χ4v) is 4.46. The van der Waals surface area contributed by atoms with E-state index in [2.05, 4.69) is 4.98 Å². The first-order valence-corrected chi connectivity index (χ1v) is 8.81. The van der Waals surface area contributed by atoms with Crippen molar-refractivity contribution in [3.05, 3.63) is 24.3 Å². The number of rotatable bonds is 6. The highest BCUT2D eigenvalue weighted by atomic mass is 32.2. The summed E-state index contributed by atoms with van der Waals surface area (Å²) in [6, 6.07) is 7.09. The van der Waals surface area contributed by atoms with Crippen molar-refractivity contribution in [1.82, 2.24) is 9.88 Å². The van der Waals surface area contributed by atoms with Crippen LogP contribution in [0.1, 0.15) is 13.8 Å². The van der Waals surface area contributed by atoms with E-state index in [1.54, 1.807) is 29.2 Å². The van der Waals surface area contributed by atoms with Crippen LogP contribution in [0.25, 0.3) is 10.2 Å². The first-order chi connectivity index (χ1) is 9.48. The average Bonchev–Trinajstić information content (AvgIpc) is 2.89. The molecule has 0 spiro atoms. The average molecular weight is 316 g/mol. The molecule has 0 saturated heterocycles. The van der Waals surface area contributed by atoms with Crippen LogP contribution in [-0.4, -0.2) is 43.4 Å². The Kier molecular flexibility index (Phi) is 4.72. The lowest BCUT2D eigenvalue weighted by atomic mass is 10.3. The van der Waals surface area contributed by atoms with E-state index in [-0.39, 0.29) is 10.9 Å². The second kappa shape index (κ2) is 6.15. The number of thiazole rings is 1. The molecule has 1 atom stereocenters. The zero-order valence-corrected chi connectivity index (χ0v) is 13.0. The summed E-state index contributed by atoms with van der Waals surface area (Å²) in [5.41, 5.74) is -1.35. The molecule has 1 aromatic heterocycles. The number of aromatic nitrogens is 1. The van der Waals surface area contributed by atoms with Gasteiger partial charge in [-0.3, -0.25) is 4.90 Å². The van der Waals surface area contributed by atoms with E-state index in [4.69, 9.17) is 0 Å². The summed E-state index contributed by atoms with van der Waals surface area (Å²) >= 11 is 1.02. The molecule has 0 aliphatic carbocycles. The smallest absolute Gasteiger partial charge is 0.238 e. The summed E-state index contributed by atoms with van der Waals surface area (Å²) < 4.78 is 39.2. The molecule has 1 heterocycles. The maximum atomic E-state index is 14.2. The van der Waals surface area contributed by atoms with Crippen molar-refractivity contribution in [3.63, 3.8) is 0 Å². The van der Waals surface area contributed by atoms with Gasteiger partial charge in [-0.1, -0.05) is 26.0 Å². The Balaban J connectivity index is 2.29. The lowest BCUT2D eigenvalue weighted by Gasteiger charge is -2.19. The molecule has 110 valence electrons. The van der Waals surface area contributed by atoms with Gasteiger partial charge in [-0.05, 0) is 25.2 Å². The highest BCUT2D eigenvalue weighted by molar-refractivity contribution is 7.93. The molecule has 0 N–H and O–H groups in total. The molecule has 1 aromatic carbocycles. The van der Waals surface area contributed by atoms with Crippen LogP contribution in [0.5, 0.6) is 0 Å². The molecule has 0 fully saturated rings. The minimum absolute atomic E-state index is 0.120. The molecule has 0 aliphatic heterocycles. The third-order valence-electron chi connectivity index (χ3n) is 3.15. The SMILES string of the molecule is CCN(CC)CC(F)S(=O)(=O)c1nc2ccccc2s1. The third-order valence-corrected chi connectivity index (χ3v) is 6.33. The van der Waals surface area contributed by atoms with Gasteiger partial charge in [0.05, 0.1) is 10.2 Å². The van der Waals surface area contributed by atoms with E-state index in [1.807, 2.05) is 13.8 Å². The van der Waals surface area contributed by atoms with E-state index in [1.165, 1.54) is 0 Å². The Hall–Kier alpha value is -1.05. The fraction of sp³-hybridized carbons (Fsp3) is 0.462. The zero-order valence-electron chi connectivity index (χ0n) is 11.4. The van der Waals surface area contributed by atoms with E-state index in [0.29, 0.717) is 18.6 Å². The molecular formula is C13H17FN2O2S2. The Morgan fingerprint density at radius 1 is 1.30 bits per heavy atom. The Bertz CT molecular complexity index is 647. The zero-order chi connectivity index (χ0) is 14.8. The molecule has 7 heteroatoms. The monoisotopic (exact) mass is 316 g/mol. The number of hydrogen-bond acceptors (Lipinski definition) is 5. The van der Waals surface area contributed by atoms with Crippen LogP contribution >= 0.6 is 11.3 Å². The van der Waals surface area contributed by atoms with Gasteiger partial charge >= 0.3 is 0 Å². The largest absolute Gasteiger partial charge is 0.300 e. The predicted octanol–water partition coefficient (Wildman–Crippen LogP) is 2.71. The number of hydrogen-bond donors (Lipinski definition) is 0. The van der Waals surface area contributed by atoms with E-state index in [0.717, 1.165) is 16.0 Å². The normalized spacial score (nSPS) is 14.0. The summed E-state index contributed by atoms with van der Waals surface area (Å²) in [6.45, 7) is 4.87. The third kappa shape index (κ3) is 2.99. The van der Waals surface area contributed by atoms with E-state index >= 15 is 0 Å². The first-order valence-electron chi connectivity index (χ1n) is 6.45. The molecule has 2 rings (SSSR count). The van der Waals surface area contributed by atoms with E-state index < -0.39 is 15.3 Å². The number of halogens is 1. The van der Waals surface area contributed by atoms with E-state index in [9.17, 15) is 12.8 Å². The summed E-state index contributed by atoms with van der Waals surface area (Å²) in [4.78, 5) is 5.78. The van der Waals surface area contributed by atoms with Gasteiger partial charge in [-0.25, -0.2) is 17.8 Å². The van der Waals surface area contributed by atoms with Crippen LogP contribution in [0, 0.1) is 0 Å². The van der Waals surface area contributed by atoms with Gasteiger partial charge in [0.25, 0.3) is 0 Å². The standard InChI is InChI=1S/C13H17FN2O2S2/c1-3-16(4-2)9-12(14)20(17,18)13-15-10-7-5-6-8-11(10)19-13/h5-8,12H,3-4,9H2,1-2H3. The van der Waals surface area contributed by atoms with Crippen molar-refractivity contribution in [2.45, 2.75) is 23.7 Å². The molecule has 4 nitrogen and oxygen atoms in total. The summed E-state index contributed by atoms with van der Waals surface area (Å²) in [6.07, 6.45) is 0. The fourth-order valence-electron chi connectivity index (χ4n) is 1.87. The topological polar surface area (TPSA) is 50.3 Å². The Morgan fingerprint density at radius 2 is 1.95 bits per heavy atom. The minimum Gasteiger partial charge on any atom is -0.300 e. The Labute approximate surface area is 122 Å². The lowest BCUT2D eigenvalue weighted by Crippen LogP contribution is -2.34. The van der Waals surface area contributed by atoms with Crippen molar-refractivity contribution < 1.29 is 12.8 Å². The highest BCUT2D eigenvalue weighted by Crippen LogP contribution is 2.28. The number of nitrogens with zero attached hydrogens (tertiary/aromatic N) is 2. The number of fused-ring (bicyclic) bond motifs is 1. The van der Waals surface area contributed by atoms with Gasteiger partial charge in [-0.2, -0.15) is 0 Å².